The van der Waals surface area contributed by atoms with Crippen LogP contribution in [0.5, 0.6) is 0 Å². The van der Waals surface area contributed by atoms with Gasteiger partial charge in [-0.3, -0.25) is 9.69 Å². The fourth-order valence-electron chi connectivity index (χ4n) is 3.94. The Balaban J connectivity index is 1.14. The Morgan fingerprint density at radius 3 is 2.42 bits per heavy atom. The molecule has 1 aliphatic heterocycles. The summed E-state index contributed by atoms with van der Waals surface area (Å²) >= 11 is 0. The van der Waals surface area contributed by atoms with Gasteiger partial charge in [0.15, 0.2) is 0 Å². The topological polar surface area (TPSA) is 63.9 Å². The van der Waals surface area contributed by atoms with Crippen LogP contribution in [0.25, 0.3) is 0 Å². The second-order valence-electron chi connectivity index (χ2n) is 8.19. The van der Waals surface area contributed by atoms with Crippen LogP contribution >= 0.6 is 0 Å². The zero-order valence-electron chi connectivity index (χ0n) is 15.0. The van der Waals surface area contributed by atoms with E-state index >= 15 is 0 Å². The molecule has 0 radical (unpaired) electrons. The first-order valence-corrected chi connectivity index (χ1v) is 9.86. The molecule has 3 heterocycles. The number of hydrogen-bond acceptors (Lipinski definition) is 5. The van der Waals surface area contributed by atoms with Crippen LogP contribution in [-0.2, 0) is 13.1 Å². The summed E-state index contributed by atoms with van der Waals surface area (Å²) in [6.45, 7) is 3.64. The molecule has 0 N–H and O–H groups in total. The smallest absolute Gasteiger partial charge is 0.266 e. The second-order valence-corrected chi connectivity index (χ2v) is 8.19. The van der Waals surface area contributed by atoms with Gasteiger partial charge in [0.2, 0.25) is 0 Å². The van der Waals surface area contributed by atoms with Crippen molar-refractivity contribution in [2.24, 2.45) is 5.92 Å². The molecule has 2 aromatic rings. The Bertz CT molecular complexity index is 832. The summed E-state index contributed by atoms with van der Waals surface area (Å²) in [5.41, 5.74) is 2.29. The molecule has 2 saturated carbocycles. The van der Waals surface area contributed by atoms with Crippen molar-refractivity contribution in [1.29, 1.82) is 0 Å². The Labute approximate surface area is 153 Å². The third kappa shape index (κ3) is 3.30. The van der Waals surface area contributed by atoms with Crippen molar-refractivity contribution in [1.82, 2.24) is 24.6 Å². The lowest BCUT2D eigenvalue weighted by Crippen LogP contribution is -2.49. The van der Waals surface area contributed by atoms with E-state index in [4.69, 9.17) is 0 Å². The first kappa shape index (κ1) is 16.1. The summed E-state index contributed by atoms with van der Waals surface area (Å²) in [4.78, 5) is 23.5. The molecule has 0 bridgehead atoms. The van der Waals surface area contributed by atoms with Gasteiger partial charge in [-0.2, -0.15) is 5.10 Å². The van der Waals surface area contributed by atoms with Crippen molar-refractivity contribution in [3.05, 3.63) is 52.0 Å². The summed E-state index contributed by atoms with van der Waals surface area (Å²) in [5.74, 6) is 2.70. The van der Waals surface area contributed by atoms with Gasteiger partial charge in [-0.25, -0.2) is 14.6 Å². The molecule has 0 amide bonds. The van der Waals surface area contributed by atoms with Gasteiger partial charge in [0.05, 0.1) is 12.2 Å². The van der Waals surface area contributed by atoms with Crippen molar-refractivity contribution in [3.63, 3.8) is 0 Å². The molecule has 136 valence electrons. The normalized spacial score (nSPS) is 21.4. The largest absolute Gasteiger partial charge is 0.298 e. The second kappa shape index (κ2) is 6.58. The minimum Gasteiger partial charge on any atom is -0.298 e. The van der Waals surface area contributed by atoms with E-state index < -0.39 is 0 Å². The fraction of sp³-hybridized carbons (Fsp3) is 0.600. The van der Waals surface area contributed by atoms with Crippen molar-refractivity contribution < 1.29 is 0 Å². The van der Waals surface area contributed by atoms with Gasteiger partial charge in [-0.1, -0.05) is 6.42 Å². The van der Waals surface area contributed by atoms with Crippen LogP contribution in [0.15, 0.2) is 29.3 Å². The van der Waals surface area contributed by atoms with Crippen molar-refractivity contribution in [2.75, 3.05) is 13.1 Å². The molecule has 3 fully saturated rings. The Hall–Kier alpha value is -2.08. The number of hydrogen-bond donors (Lipinski definition) is 0. The van der Waals surface area contributed by atoms with Crippen LogP contribution in [0.2, 0.25) is 0 Å². The Morgan fingerprint density at radius 1 is 1.00 bits per heavy atom. The standard InChI is InChI=1S/C20H25N5O/c26-19-7-6-18(16-4-5-16)23-25(19)13-15-11-24(12-15)10-14-8-21-20(22-9-14)17-2-1-3-17/h6-9,15-17H,1-5,10-13H2. The van der Waals surface area contributed by atoms with Crippen LogP contribution in [0.3, 0.4) is 0 Å². The van der Waals surface area contributed by atoms with E-state index in [1.54, 1.807) is 10.7 Å². The molecule has 6 nitrogen and oxygen atoms in total. The van der Waals surface area contributed by atoms with Crippen LogP contribution in [-0.4, -0.2) is 37.7 Å². The maximum absolute atomic E-state index is 12.0. The summed E-state index contributed by atoms with van der Waals surface area (Å²) in [7, 11) is 0. The zero-order chi connectivity index (χ0) is 17.5. The molecule has 2 aromatic heterocycles. The van der Waals surface area contributed by atoms with Crippen molar-refractivity contribution in [3.8, 4) is 0 Å². The van der Waals surface area contributed by atoms with E-state index in [2.05, 4.69) is 20.0 Å². The molecule has 0 unspecified atom stereocenters. The average Bonchev–Trinajstić information content (AvgIpc) is 3.39. The first-order chi connectivity index (χ1) is 12.7. The van der Waals surface area contributed by atoms with Crippen LogP contribution in [0.4, 0.5) is 0 Å². The van der Waals surface area contributed by atoms with Gasteiger partial charge in [0.1, 0.15) is 5.82 Å². The number of rotatable bonds is 6. The Kier molecular flexibility index (Phi) is 4.08. The van der Waals surface area contributed by atoms with Gasteiger partial charge >= 0.3 is 0 Å². The highest BCUT2D eigenvalue weighted by Gasteiger charge is 2.29. The van der Waals surface area contributed by atoms with Gasteiger partial charge < -0.3 is 0 Å². The maximum Gasteiger partial charge on any atom is 0.266 e. The van der Waals surface area contributed by atoms with E-state index in [0.29, 0.717) is 17.8 Å². The molecular weight excluding hydrogens is 326 g/mol. The summed E-state index contributed by atoms with van der Waals surface area (Å²) < 4.78 is 1.67. The maximum atomic E-state index is 12.0. The van der Waals surface area contributed by atoms with Gasteiger partial charge in [-0.15, -0.1) is 0 Å². The lowest BCUT2D eigenvalue weighted by atomic mass is 9.85. The summed E-state index contributed by atoms with van der Waals surface area (Å²) in [6.07, 6.45) is 10.2. The molecule has 1 saturated heterocycles. The SMILES string of the molecule is O=c1ccc(C2CC2)nn1CC1CN(Cc2cnc(C3CCC3)nc2)C1. The van der Waals surface area contributed by atoms with Crippen LogP contribution < -0.4 is 5.56 Å². The monoisotopic (exact) mass is 351 g/mol. The average molecular weight is 351 g/mol. The molecule has 0 spiro atoms. The van der Waals surface area contributed by atoms with Crippen molar-refractivity contribution >= 4 is 0 Å². The van der Waals surface area contributed by atoms with Gasteiger partial charge in [0, 0.05) is 61.4 Å². The van der Waals surface area contributed by atoms with E-state index in [0.717, 1.165) is 37.7 Å². The van der Waals surface area contributed by atoms with Crippen LogP contribution in [0.1, 0.15) is 61.0 Å². The third-order valence-corrected chi connectivity index (χ3v) is 5.95. The first-order valence-electron chi connectivity index (χ1n) is 9.86. The van der Waals surface area contributed by atoms with Crippen LogP contribution in [0, 0.1) is 5.92 Å². The number of nitrogens with zero attached hydrogens (tertiary/aromatic N) is 5. The van der Waals surface area contributed by atoms with Crippen molar-refractivity contribution in [2.45, 2.75) is 57.0 Å². The lowest BCUT2D eigenvalue weighted by Gasteiger charge is -2.39. The molecule has 3 aliphatic rings. The van der Waals surface area contributed by atoms with E-state index in [-0.39, 0.29) is 5.56 Å². The molecule has 6 heteroatoms. The molecule has 26 heavy (non-hydrogen) atoms. The Morgan fingerprint density at radius 2 is 1.77 bits per heavy atom. The van der Waals surface area contributed by atoms with E-state index in [1.807, 2.05) is 18.5 Å². The quantitative estimate of drug-likeness (QED) is 0.799. The number of aromatic nitrogens is 4. The highest BCUT2D eigenvalue weighted by molar-refractivity contribution is 5.13. The van der Waals surface area contributed by atoms with Gasteiger partial charge in [-0.05, 0) is 31.7 Å². The van der Waals surface area contributed by atoms with E-state index in [1.165, 1.54) is 37.7 Å². The van der Waals surface area contributed by atoms with Gasteiger partial charge in [0.25, 0.3) is 5.56 Å². The molecule has 5 rings (SSSR count). The lowest BCUT2D eigenvalue weighted by molar-refractivity contribution is 0.0762. The van der Waals surface area contributed by atoms with E-state index in [9.17, 15) is 4.79 Å². The molecular formula is C20H25N5O. The fourth-order valence-corrected chi connectivity index (χ4v) is 3.94. The third-order valence-electron chi connectivity index (χ3n) is 5.95. The highest BCUT2D eigenvalue weighted by Crippen LogP contribution is 2.38. The number of likely N-dealkylation sites (tertiary alicyclic amines) is 1. The minimum absolute atomic E-state index is 0.0211. The predicted molar refractivity (Wildman–Crippen MR) is 97.9 cm³/mol. The zero-order valence-corrected chi connectivity index (χ0v) is 15.0. The summed E-state index contributed by atoms with van der Waals surface area (Å²) in [6, 6.07) is 3.58. The molecule has 2 aliphatic carbocycles. The predicted octanol–water partition coefficient (Wildman–Crippen LogP) is 2.31. The minimum atomic E-state index is 0.0211. The highest BCUT2D eigenvalue weighted by atomic mass is 16.1. The molecule has 0 aromatic carbocycles. The molecule has 0 atom stereocenters. The summed E-state index contributed by atoms with van der Waals surface area (Å²) in [5, 5.41) is 4.57.